The molecule has 2 aromatic rings. The van der Waals surface area contributed by atoms with Crippen LogP contribution in [0.15, 0.2) is 24.3 Å². The minimum atomic E-state index is -3.40. The molecule has 1 aromatic carbocycles. The van der Waals surface area contributed by atoms with Crippen LogP contribution in [0.3, 0.4) is 0 Å². The molecule has 0 fully saturated rings. The van der Waals surface area contributed by atoms with Crippen molar-refractivity contribution in [2.24, 2.45) is 0 Å². The van der Waals surface area contributed by atoms with Crippen LogP contribution in [-0.4, -0.2) is 26.3 Å². The lowest BCUT2D eigenvalue weighted by Gasteiger charge is -2.18. The smallest absolute Gasteiger partial charge is 0.264 e. The van der Waals surface area contributed by atoms with Crippen molar-refractivity contribution in [3.8, 4) is 10.6 Å². The normalized spacial score (nSPS) is 12.6. The second-order valence-corrected chi connectivity index (χ2v) is 9.47. The fraction of sp³-hybridized carbons (Fsp3) is 0.471. The fourth-order valence-electron chi connectivity index (χ4n) is 2.19. The van der Waals surface area contributed by atoms with E-state index in [1.807, 2.05) is 6.92 Å². The Labute approximate surface area is 142 Å². The van der Waals surface area contributed by atoms with Crippen molar-refractivity contribution in [3.63, 3.8) is 0 Å². The van der Waals surface area contributed by atoms with Crippen LogP contribution >= 0.6 is 11.3 Å². The third kappa shape index (κ3) is 5.12. The second-order valence-electron chi connectivity index (χ2n) is 6.63. The zero-order chi connectivity index (χ0) is 17.3. The molecule has 0 bridgehead atoms. The van der Waals surface area contributed by atoms with E-state index >= 15 is 0 Å². The molecule has 23 heavy (non-hydrogen) atoms. The highest BCUT2D eigenvalue weighted by Gasteiger charge is 2.15. The van der Waals surface area contributed by atoms with Gasteiger partial charge in [-0.25, -0.2) is 4.98 Å². The highest BCUT2D eigenvalue weighted by atomic mass is 32.2. The van der Waals surface area contributed by atoms with E-state index in [4.69, 9.17) is 4.18 Å². The summed E-state index contributed by atoms with van der Waals surface area (Å²) in [5, 5.41) is 0.956. The van der Waals surface area contributed by atoms with Crippen LogP contribution in [0.4, 0.5) is 0 Å². The van der Waals surface area contributed by atoms with Crippen molar-refractivity contribution in [1.82, 2.24) is 4.98 Å². The molecule has 0 atom stereocenters. The zero-order valence-electron chi connectivity index (χ0n) is 14.2. The SMILES string of the molecule is Cc1sc(-c2ccc(C(C)(C)C)cc2)nc1CCOS(C)(=O)=O. The van der Waals surface area contributed by atoms with Crippen LogP contribution < -0.4 is 0 Å². The van der Waals surface area contributed by atoms with Crippen LogP contribution in [-0.2, 0) is 26.1 Å². The van der Waals surface area contributed by atoms with Gasteiger partial charge in [0.05, 0.1) is 18.6 Å². The number of rotatable bonds is 5. The summed E-state index contributed by atoms with van der Waals surface area (Å²) >= 11 is 1.62. The molecule has 126 valence electrons. The minimum absolute atomic E-state index is 0.130. The monoisotopic (exact) mass is 353 g/mol. The van der Waals surface area contributed by atoms with Gasteiger partial charge in [-0.2, -0.15) is 8.42 Å². The summed E-state index contributed by atoms with van der Waals surface area (Å²) in [6.45, 7) is 8.70. The highest BCUT2D eigenvalue weighted by molar-refractivity contribution is 7.85. The second kappa shape index (κ2) is 6.71. The maximum absolute atomic E-state index is 11.0. The van der Waals surface area contributed by atoms with Crippen molar-refractivity contribution < 1.29 is 12.6 Å². The first-order valence-corrected chi connectivity index (χ1v) is 10.1. The van der Waals surface area contributed by atoms with E-state index in [1.54, 1.807) is 11.3 Å². The molecule has 0 saturated heterocycles. The molecule has 0 aliphatic rings. The molecule has 6 heteroatoms. The predicted molar refractivity (Wildman–Crippen MR) is 95.5 cm³/mol. The Kier molecular flexibility index (Phi) is 5.28. The number of benzene rings is 1. The first-order valence-electron chi connectivity index (χ1n) is 7.48. The fourth-order valence-corrected chi connectivity index (χ4v) is 3.54. The van der Waals surface area contributed by atoms with Crippen LogP contribution in [0.25, 0.3) is 10.6 Å². The van der Waals surface area contributed by atoms with Gasteiger partial charge in [0.15, 0.2) is 0 Å². The molecule has 0 unspecified atom stereocenters. The standard InChI is InChI=1S/C17H23NO3S2/c1-12-15(10-11-21-23(5,19)20)18-16(22-12)13-6-8-14(9-7-13)17(2,3)4/h6-9H,10-11H2,1-5H3. The molecule has 0 amide bonds. The molecule has 0 radical (unpaired) electrons. The Bertz CT molecular complexity index is 769. The molecule has 2 rings (SSSR count). The predicted octanol–water partition coefficient (Wildman–Crippen LogP) is 3.93. The average molecular weight is 354 g/mol. The number of nitrogens with zero attached hydrogens (tertiary/aromatic N) is 1. The molecule has 0 N–H and O–H groups in total. The minimum Gasteiger partial charge on any atom is -0.270 e. The summed E-state index contributed by atoms with van der Waals surface area (Å²) in [7, 11) is -3.40. The van der Waals surface area contributed by atoms with Crippen LogP contribution in [0.2, 0.25) is 0 Å². The molecule has 0 spiro atoms. The Morgan fingerprint density at radius 3 is 2.30 bits per heavy atom. The van der Waals surface area contributed by atoms with E-state index in [1.165, 1.54) is 5.56 Å². The van der Waals surface area contributed by atoms with E-state index in [0.29, 0.717) is 6.42 Å². The van der Waals surface area contributed by atoms with Gasteiger partial charge < -0.3 is 0 Å². The van der Waals surface area contributed by atoms with Crippen LogP contribution in [0.5, 0.6) is 0 Å². The Balaban J connectivity index is 2.14. The summed E-state index contributed by atoms with van der Waals surface area (Å²) in [5.74, 6) is 0. The molecule has 0 aliphatic carbocycles. The molecule has 4 nitrogen and oxygen atoms in total. The summed E-state index contributed by atoms with van der Waals surface area (Å²) in [6.07, 6.45) is 1.55. The van der Waals surface area contributed by atoms with Gasteiger partial charge in [-0.3, -0.25) is 4.18 Å². The number of aryl methyl sites for hydroxylation is 1. The Hall–Kier alpha value is -1.24. The van der Waals surface area contributed by atoms with E-state index < -0.39 is 10.1 Å². The lowest BCUT2D eigenvalue weighted by molar-refractivity contribution is 0.324. The molecule has 0 aliphatic heterocycles. The van der Waals surface area contributed by atoms with Gasteiger partial charge >= 0.3 is 0 Å². The zero-order valence-corrected chi connectivity index (χ0v) is 15.8. The van der Waals surface area contributed by atoms with Gasteiger partial charge in [-0.05, 0) is 17.9 Å². The lowest BCUT2D eigenvalue weighted by Crippen LogP contribution is -2.10. The van der Waals surface area contributed by atoms with Gasteiger partial charge in [0, 0.05) is 16.9 Å². The number of hydrogen-bond donors (Lipinski definition) is 0. The maximum Gasteiger partial charge on any atom is 0.264 e. The molecule has 0 saturated carbocycles. The summed E-state index contributed by atoms with van der Waals surface area (Å²) in [4.78, 5) is 5.73. The van der Waals surface area contributed by atoms with Crippen LogP contribution in [0, 0.1) is 6.92 Å². The summed E-state index contributed by atoms with van der Waals surface area (Å²) in [5.41, 5.74) is 3.40. The Morgan fingerprint density at radius 2 is 1.78 bits per heavy atom. The van der Waals surface area contributed by atoms with Crippen molar-refractivity contribution in [2.75, 3.05) is 12.9 Å². The van der Waals surface area contributed by atoms with E-state index in [2.05, 4.69) is 50.0 Å². The molecule has 1 aromatic heterocycles. The van der Waals surface area contributed by atoms with E-state index in [9.17, 15) is 8.42 Å². The summed E-state index contributed by atoms with van der Waals surface area (Å²) < 4.78 is 26.8. The molecular weight excluding hydrogens is 330 g/mol. The van der Waals surface area contributed by atoms with Gasteiger partial charge in [-0.15, -0.1) is 11.3 Å². The van der Waals surface area contributed by atoms with Gasteiger partial charge in [0.2, 0.25) is 0 Å². The van der Waals surface area contributed by atoms with Crippen molar-refractivity contribution in [1.29, 1.82) is 0 Å². The average Bonchev–Trinajstić information content (AvgIpc) is 2.78. The van der Waals surface area contributed by atoms with Crippen molar-refractivity contribution in [2.45, 2.75) is 39.5 Å². The third-order valence-electron chi connectivity index (χ3n) is 3.53. The van der Waals surface area contributed by atoms with E-state index in [0.717, 1.165) is 27.4 Å². The molecular formula is C17H23NO3S2. The highest BCUT2D eigenvalue weighted by Crippen LogP contribution is 2.30. The van der Waals surface area contributed by atoms with Crippen LogP contribution in [0.1, 0.15) is 36.9 Å². The van der Waals surface area contributed by atoms with Gasteiger partial charge in [0.1, 0.15) is 5.01 Å². The molecule has 1 heterocycles. The van der Waals surface area contributed by atoms with Crippen molar-refractivity contribution in [3.05, 3.63) is 40.4 Å². The third-order valence-corrected chi connectivity index (χ3v) is 5.18. The topological polar surface area (TPSA) is 56.3 Å². The van der Waals surface area contributed by atoms with Gasteiger partial charge in [0.25, 0.3) is 10.1 Å². The Morgan fingerprint density at radius 1 is 1.17 bits per heavy atom. The first kappa shape index (κ1) is 18.1. The maximum atomic E-state index is 11.0. The van der Waals surface area contributed by atoms with Crippen molar-refractivity contribution >= 4 is 21.5 Å². The lowest BCUT2D eigenvalue weighted by atomic mass is 9.87. The van der Waals surface area contributed by atoms with Gasteiger partial charge in [-0.1, -0.05) is 45.0 Å². The summed E-state index contributed by atoms with van der Waals surface area (Å²) in [6, 6.07) is 8.46. The first-order chi connectivity index (χ1) is 10.6. The quantitative estimate of drug-likeness (QED) is 0.764. The number of aromatic nitrogens is 1. The number of thiazole rings is 1. The number of hydrogen-bond acceptors (Lipinski definition) is 5. The van der Waals surface area contributed by atoms with E-state index in [-0.39, 0.29) is 12.0 Å². The largest absolute Gasteiger partial charge is 0.270 e.